The van der Waals surface area contributed by atoms with Gasteiger partial charge in [0.15, 0.2) is 5.82 Å². The van der Waals surface area contributed by atoms with Gasteiger partial charge in [-0.25, -0.2) is 12.8 Å². The number of nitrogens with zero attached hydrogens (tertiary/aromatic N) is 2. The second-order valence-corrected chi connectivity index (χ2v) is 8.84. The lowest BCUT2D eigenvalue weighted by atomic mass is 10.2. The molecule has 2 aromatic carbocycles. The van der Waals surface area contributed by atoms with Crippen molar-refractivity contribution in [1.82, 2.24) is 9.21 Å². The molecule has 0 atom stereocenters. The van der Waals surface area contributed by atoms with Gasteiger partial charge in [0, 0.05) is 38.7 Å². The highest BCUT2D eigenvalue weighted by atomic mass is 35.5. The van der Waals surface area contributed by atoms with Crippen LogP contribution in [0.15, 0.2) is 47.4 Å². The minimum Gasteiger partial charge on any atom is -0.340 e. The number of piperazine rings is 1. The van der Waals surface area contributed by atoms with Crippen LogP contribution < -0.4 is 5.32 Å². The first-order valence-electron chi connectivity index (χ1n) is 8.81. The molecule has 29 heavy (non-hydrogen) atoms. The summed E-state index contributed by atoms with van der Waals surface area (Å²) in [4.78, 5) is 25.4. The Kier molecular flexibility index (Phi) is 6.21. The van der Waals surface area contributed by atoms with Gasteiger partial charge < -0.3 is 10.2 Å². The van der Waals surface area contributed by atoms with Gasteiger partial charge in [-0.15, -0.1) is 0 Å². The molecular weight excluding hydrogens is 421 g/mol. The zero-order valence-electron chi connectivity index (χ0n) is 15.6. The van der Waals surface area contributed by atoms with Crippen LogP contribution in [0.4, 0.5) is 10.1 Å². The number of nitrogens with one attached hydrogen (secondary N) is 1. The van der Waals surface area contributed by atoms with Gasteiger partial charge in [-0.05, 0) is 30.3 Å². The fourth-order valence-electron chi connectivity index (χ4n) is 2.99. The summed E-state index contributed by atoms with van der Waals surface area (Å²) in [6, 6.07) is 9.71. The van der Waals surface area contributed by atoms with E-state index in [2.05, 4.69) is 5.32 Å². The standard InChI is InChI=1S/C19H19ClFN3O4S/c1-13(25)23-8-10-24(11-9-23)29(27,28)15-5-2-4-14(12-15)19(26)22-17-7-3-6-16(20)18(17)21/h2-7,12H,8-11H2,1H3,(H,22,26). The summed E-state index contributed by atoms with van der Waals surface area (Å²) >= 11 is 5.71. The summed E-state index contributed by atoms with van der Waals surface area (Å²) in [6.45, 7) is 2.40. The molecule has 154 valence electrons. The highest BCUT2D eigenvalue weighted by molar-refractivity contribution is 7.89. The third-order valence-corrected chi connectivity index (χ3v) is 6.80. The molecule has 1 fully saturated rings. The van der Waals surface area contributed by atoms with Crippen LogP contribution >= 0.6 is 11.6 Å². The maximum atomic E-state index is 14.0. The van der Waals surface area contributed by atoms with Crippen LogP contribution in [-0.4, -0.2) is 55.6 Å². The molecule has 1 heterocycles. The molecular formula is C19H19ClFN3O4S. The Morgan fingerprint density at radius 3 is 2.38 bits per heavy atom. The van der Waals surface area contributed by atoms with Crippen LogP contribution in [0.2, 0.25) is 5.02 Å². The smallest absolute Gasteiger partial charge is 0.255 e. The first-order valence-corrected chi connectivity index (χ1v) is 10.6. The van der Waals surface area contributed by atoms with Crippen molar-refractivity contribution in [2.75, 3.05) is 31.5 Å². The number of carbonyl (C=O) groups is 2. The molecule has 10 heteroatoms. The number of benzene rings is 2. The number of hydrogen-bond donors (Lipinski definition) is 1. The SMILES string of the molecule is CC(=O)N1CCN(S(=O)(=O)c2cccc(C(=O)Nc3cccc(Cl)c3F)c2)CC1. The number of carbonyl (C=O) groups excluding carboxylic acids is 2. The first kappa shape index (κ1) is 21.2. The Hall–Kier alpha value is -2.49. The summed E-state index contributed by atoms with van der Waals surface area (Å²) in [5.74, 6) is -1.53. The van der Waals surface area contributed by atoms with Crippen LogP contribution in [-0.2, 0) is 14.8 Å². The Bertz CT molecular complexity index is 1050. The van der Waals surface area contributed by atoms with Crippen LogP contribution in [0.3, 0.4) is 0 Å². The normalized spacial score (nSPS) is 15.2. The quantitative estimate of drug-likeness (QED) is 0.793. The molecule has 3 rings (SSSR count). The Morgan fingerprint density at radius 2 is 1.72 bits per heavy atom. The van der Waals surface area contributed by atoms with Crippen LogP contribution in [0, 0.1) is 5.82 Å². The van der Waals surface area contributed by atoms with Crippen molar-refractivity contribution >= 4 is 39.1 Å². The third kappa shape index (κ3) is 4.58. The molecule has 1 aliphatic rings. The number of halogens is 2. The van der Waals surface area contributed by atoms with E-state index in [0.29, 0.717) is 13.1 Å². The zero-order chi connectivity index (χ0) is 21.2. The molecule has 1 saturated heterocycles. The lowest BCUT2D eigenvalue weighted by Crippen LogP contribution is -2.49. The van der Waals surface area contributed by atoms with E-state index in [1.807, 2.05) is 0 Å². The molecule has 0 unspecified atom stereocenters. The molecule has 0 bridgehead atoms. The van der Waals surface area contributed by atoms with E-state index in [4.69, 9.17) is 11.6 Å². The van der Waals surface area contributed by atoms with E-state index < -0.39 is 21.7 Å². The van der Waals surface area contributed by atoms with Crippen LogP contribution in [0.25, 0.3) is 0 Å². The third-order valence-electron chi connectivity index (χ3n) is 4.62. The van der Waals surface area contributed by atoms with Gasteiger partial charge in [0.25, 0.3) is 5.91 Å². The van der Waals surface area contributed by atoms with Crippen molar-refractivity contribution in [2.24, 2.45) is 0 Å². The fraction of sp³-hybridized carbons (Fsp3) is 0.263. The lowest BCUT2D eigenvalue weighted by Gasteiger charge is -2.33. The van der Waals surface area contributed by atoms with Gasteiger partial charge in [0.05, 0.1) is 15.6 Å². The highest BCUT2D eigenvalue weighted by Gasteiger charge is 2.29. The van der Waals surface area contributed by atoms with Gasteiger partial charge >= 0.3 is 0 Å². The molecule has 0 radical (unpaired) electrons. The van der Waals surface area contributed by atoms with E-state index in [0.717, 1.165) is 0 Å². The molecule has 0 saturated carbocycles. The minimum absolute atomic E-state index is 0.0482. The van der Waals surface area contributed by atoms with Gasteiger partial charge in [-0.1, -0.05) is 23.7 Å². The first-order chi connectivity index (χ1) is 13.7. The van der Waals surface area contributed by atoms with Crippen molar-refractivity contribution in [3.63, 3.8) is 0 Å². The number of amides is 2. The average molecular weight is 440 g/mol. The molecule has 0 aromatic heterocycles. The summed E-state index contributed by atoms with van der Waals surface area (Å²) in [6.07, 6.45) is 0. The van der Waals surface area contributed by atoms with Crippen molar-refractivity contribution in [3.05, 3.63) is 58.9 Å². The van der Waals surface area contributed by atoms with Gasteiger partial charge in [-0.2, -0.15) is 4.31 Å². The summed E-state index contributed by atoms with van der Waals surface area (Å²) in [5, 5.41) is 2.26. The predicted octanol–water partition coefficient (Wildman–Crippen LogP) is 2.58. The van der Waals surface area contributed by atoms with Crippen LogP contribution in [0.5, 0.6) is 0 Å². The summed E-state index contributed by atoms with van der Waals surface area (Å²) in [7, 11) is -3.83. The molecule has 7 nitrogen and oxygen atoms in total. The molecule has 2 amide bonds. The molecule has 0 spiro atoms. The van der Waals surface area contributed by atoms with E-state index in [1.165, 1.54) is 53.7 Å². The predicted molar refractivity (Wildman–Crippen MR) is 107 cm³/mol. The Morgan fingerprint density at radius 1 is 1.07 bits per heavy atom. The molecule has 0 aliphatic carbocycles. The molecule has 1 N–H and O–H groups in total. The van der Waals surface area contributed by atoms with Crippen molar-refractivity contribution in [3.8, 4) is 0 Å². The largest absolute Gasteiger partial charge is 0.340 e. The van der Waals surface area contributed by atoms with E-state index in [9.17, 15) is 22.4 Å². The maximum absolute atomic E-state index is 14.0. The fourth-order valence-corrected chi connectivity index (χ4v) is 4.63. The van der Waals surface area contributed by atoms with Gasteiger partial charge in [0.1, 0.15) is 0 Å². The number of sulfonamides is 1. The number of hydrogen-bond acceptors (Lipinski definition) is 4. The number of anilines is 1. The van der Waals surface area contributed by atoms with E-state index >= 15 is 0 Å². The van der Waals surface area contributed by atoms with Crippen LogP contribution in [0.1, 0.15) is 17.3 Å². The topological polar surface area (TPSA) is 86.8 Å². The lowest BCUT2D eigenvalue weighted by molar-refractivity contribution is -0.129. The molecule has 1 aliphatic heterocycles. The molecule has 2 aromatic rings. The summed E-state index contributed by atoms with van der Waals surface area (Å²) in [5.41, 5.74) is -0.0380. The van der Waals surface area contributed by atoms with Crippen molar-refractivity contribution < 1.29 is 22.4 Å². The van der Waals surface area contributed by atoms with E-state index in [1.54, 1.807) is 4.90 Å². The van der Waals surface area contributed by atoms with E-state index in [-0.39, 0.29) is 40.2 Å². The minimum atomic E-state index is -3.83. The second kappa shape index (κ2) is 8.48. The summed E-state index contributed by atoms with van der Waals surface area (Å²) < 4.78 is 41.1. The van der Waals surface area contributed by atoms with Gasteiger partial charge in [-0.3, -0.25) is 9.59 Å². The second-order valence-electron chi connectivity index (χ2n) is 6.49. The van der Waals surface area contributed by atoms with Gasteiger partial charge in [0.2, 0.25) is 15.9 Å². The monoisotopic (exact) mass is 439 g/mol. The zero-order valence-corrected chi connectivity index (χ0v) is 17.1. The highest BCUT2D eigenvalue weighted by Crippen LogP contribution is 2.23. The van der Waals surface area contributed by atoms with Crippen molar-refractivity contribution in [1.29, 1.82) is 0 Å². The van der Waals surface area contributed by atoms with Crippen molar-refractivity contribution in [2.45, 2.75) is 11.8 Å². The Balaban J connectivity index is 1.79. The number of rotatable bonds is 4. The Labute approximate surface area is 173 Å². The maximum Gasteiger partial charge on any atom is 0.255 e. The average Bonchev–Trinajstić information content (AvgIpc) is 2.71.